The highest BCUT2D eigenvalue weighted by Gasteiger charge is 2.31. The first-order chi connectivity index (χ1) is 21.0. The summed E-state index contributed by atoms with van der Waals surface area (Å²) in [5.74, 6) is 1.29. The van der Waals surface area contributed by atoms with Crippen LogP contribution >= 0.6 is 0 Å². The Morgan fingerprint density at radius 1 is 1.20 bits per heavy atom. The second kappa shape index (κ2) is 12.9. The van der Waals surface area contributed by atoms with Crippen LogP contribution in [0.3, 0.4) is 0 Å². The van der Waals surface area contributed by atoms with E-state index in [4.69, 9.17) is 14.2 Å². The number of hydrogen-bond donors (Lipinski definition) is 2. The van der Waals surface area contributed by atoms with Crippen molar-refractivity contribution in [2.24, 2.45) is 12.0 Å². The SMILES string of the molecule is CCC(CNC(=O)OC(C)(C)C)Oc1cccc2c1N1CCCCCOc3c(cnn3C)-c3cc(cc(C)n3)C(=O)/N=C/1N2. The minimum absolute atomic E-state index is 0.281. The van der Waals surface area contributed by atoms with Crippen LogP contribution in [0.25, 0.3) is 11.3 Å². The maximum Gasteiger partial charge on any atom is 0.407 e. The van der Waals surface area contributed by atoms with Crippen molar-refractivity contribution in [1.82, 2.24) is 20.1 Å². The number of nitrogens with one attached hydrogen (secondary N) is 2. The van der Waals surface area contributed by atoms with Gasteiger partial charge < -0.3 is 29.7 Å². The van der Waals surface area contributed by atoms with Gasteiger partial charge in [-0.25, -0.2) is 9.48 Å². The molecule has 0 saturated heterocycles. The van der Waals surface area contributed by atoms with Crippen molar-refractivity contribution in [3.05, 3.63) is 47.8 Å². The Kier molecular flexibility index (Phi) is 9.07. The predicted molar refractivity (Wildman–Crippen MR) is 169 cm³/mol. The standard InChI is InChI=1S/C32H41N7O5/c1-7-22(18-33-31(41)44-32(3,4)5)43-26-13-11-12-24-27(26)39-14-9-8-10-15-42-29-23(19-34-38(29)6)25-17-21(16-20(2)35-25)28(40)37-30(39)36-24/h11-13,16-17,19,22H,7-10,14-15,18H2,1-6H3,(H,33,41)(H,36,37,40). The number of aromatic nitrogens is 3. The van der Waals surface area contributed by atoms with E-state index in [1.165, 1.54) is 0 Å². The number of para-hydroxylation sites is 1. The lowest BCUT2D eigenvalue weighted by atomic mass is 10.1. The summed E-state index contributed by atoms with van der Waals surface area (Å²) in [4.78, 5) is 37.1. The van der Waals surface area contributed by atoms with Crippen molar-refractivity contribution < 1.29 is 23.8 Å². The summed E-state index contributed by atoms with van der Waals surface area (Å²) in [5.41, 5.74) is 3.44. The molecule has 2 bridgehead atoms. The summed E-state index contributed by atoms with van der Waals surface area (Å²) in [6.45, 7) is 10.7. The molecule has 5 rings (SSSR count). The number of carbonyl (C=O) groups excluding carboxylic acids is 2. The van der Waals surface area contributed by atoms with Gasteiger partial charge in [0.05, 0.1) is 36.3 Å². The highest BCUT2D eigenvalue weighted by atomic mass is 16.6. The monoisotopic (exact) mass is 603 g/mol. The molecule has 0 saturated carbocycles. The molecule has 1 atom stereocenters. The van der Waals surface area contributed by atoms with Crippen LogP contribution in [0.4, 0.5) is 16.2 Å². The van der Waals surface area contributed by atoms with Crippen LogP contribution in [0.2, 0.25) is 0 Å². The van der Waals surface area contributed by atoms with Gasteiger partial charge in [0.15, 0.2) is 0 Å². The Labute approximate surface area is 257 Å². The third-order valence-corrected chi connectivity index (χ3v) is 7.23. The first kappa shape index (κ1) is 30.8. The van der Waals surface area contributed by atoms with Gasteiger partial charge >= 0.3 is 6.09 Å². The highest BCUT2D eigenvalue weighted by molar-refractivity contribution is 6.20. The third kappa shape index (κ3) is 7.12. The van der Waals surface area contributed by atoms with Crippen molar-refractivity contribution >= 4 is 29.3 Å². The fourth-order valence-electron chi connectivity index (χ4n) is 5.14. The van der Waals surface area contributed by atoms with Crippen molar-refractivity contribution in [2.45, 2.75) is 72.0 Å². The number of aryl methyl sites for hydroxylation is 2. The van der Waals surface area contributed by atoms with E-state index in [1.807, 2.05) is 64.8 Å². The maximum absolute atomic E-state index is 13.6. The summed E-state index contributed by atoms with van der Waals surface area (Å²) in [6.07, 6.45) is 4.14. The fourth-order valence-corrected chi connectivity index (χ4v) is 5.14. The molecule has 2 N–H and O–H groups in total. The van der Waals surface area contributed by atoms with E-state index in [-0.39, 0.29) is 12.6 Å². The van der Waals surface area contributed by atoms with E-state index in [1.54, 1.807) is 23.0 Å². The number of rotatable bonds is 5. The highest BCUT2D eigenvalue weighted by Crippen LogP contribution is 2.42. The third-order valence-electron chi connectivity index (χ3n) is 7.23. The number of ether oxygens (including phenoxy) is 3. The van der Waals surface area contributed by atoms with E-state index in [9.17, 15) is 9.59 Å². The van der Waals surface area contributed by atoms with E-state index >= 15 is 0 Å². The van der Waals surface area contributed by atoms with Crippen molar-refractivity contribution in [1.29, 1.82) is 0 Å². The molecule has 12 heteroatoms. The zero-order chi connectivity index (χ0) is 31.4. The van der Waals surface area contributed by atoms with Gasteiger partial charge in [0.1, 0.15) is 23.1 Å². The number of hydrogen-bond acceptors (Lipinski definition) is 9. The van der Waals surface area contributed by atoms with Crippen LogP contribution in [0, 0.1) is 6.92 Å². The van der Waals surface area contributed by atoms with Crippen LogP contribution in [-0.2, 0) is 11.8 Å². The lowest BCUT2D eigenvalue weighted by Crippen LogP contribution is -2.38. The Hall–Kier alpha value is -4.61. The number of benzene rings is 1. The average molecular weight is 604 g/mol. The molecule has 2 amide bonds. The minimum Gasteiger partial charge on any atom is -0.486 e. The van der Waals surface area contributed by atoms with Crippen molar-refractivity contribution in [2.75, 3.05) is 29.9 Å². The molecule has 3 aromatic rings. The first-order valence-corrected chi connectivity index (χ1v) is 15.1. The summed E-state index contributed by atoms with van der Waals surface area (Å²) in [6, 6.07) is 9.19. The zero-order valence-electron chi connectivity index (χ0n) is 26.3. The van der Waals surface area contributed by atoms with Crippen molar-refractivity contribution in [3.63, 3.8) is 0 Å². The van der Waals surface area contributed by atoms with E-state index in [0.717, 1.165) is 36.2 Å². The minimum atomic E-state index is -0.589. The van der Waals surface area contributed by atoms with Crippen LogP contribution in [0.5, 0.6) is 11.6 Å². The molecule has 0 aliphatic carbocycles. The van der Waals surface area contributed by atoms with Gasteiger partial charge in [0, 0.05) is 24.8 Å². The number of pyridine rings is 1. The topological polar surface area (TPSA) is 132 Å². The van der Waals surface area contributed by atoms with Gasteiger partial charge in [-0.15, -0.1) is 0 Å². The summed E-state index contributed by atoms with van der Waals surface area (Å²) >= 11 is 0. The quantitative estimate of drug-likeness (QED) is 0.390. The van der Waals surface area contributed by atoms with Gasteiger partial charge in [-0.2, -0.15) is 10.1 Å². The second-order valence-corrected chi connectivity index (χ2v) is 12.0. The largest absolute Gasteiger partial charge is 0.486 e. The summed E-state index contributed by atoms with van der Waals surface area (Å²) in [7, 11) is 1.83. The molecule has 44 heavy (non-hydrogen) atoms. The number of guanidine groups is 1. The normalized spacial score (nSPS) is 16.9. The molecule has 12 nitrogen and oxygen atoms in total. The fraction of sp³-hybridized carbons (Fsp3) is 0.469. The lowest BCUT2D eigenvalue weighted by molar-refractivity contribution is 0.0500. The number of nitrogens with zero attached hydrogens (tertiary/aromatic N) is 5. The first-order valence-electron chi connectivity index (χ1n) is 15.1. The van der Waals surface area contributed by atoms with Gasteiger partial charge in [0.25, 0.3) is 5.91 Å². The lowest BCUT2D eigenvalue weighted by Gasteiger charge is -2.25. The molecule has 0 radical (unpaired) electrons. The molecule has 2 aliphatic rings. The van der Waals surface area contributed by atoms with Crippen molar-refractivity contribution in [3.8, 4) is 22.9 Å². The van der Waals surface area contributed by atoms with Gasteiger partial charge in [-0.1, -0.05) is 13.0 Å². The Morgan fingerprint density at radius 3 is 2.80 bits per heavy atom. The number of carbonyl (C=O) groups is 2. The molecule has 1 aromatic carbocycles. The number of amides is 2. The molecule has 2 aliphatic heterocycles. The second-order valence-electron chi connectivity index (χ2n) is 12.0. The van der Waals surface area contributed by atoms with Crippen LogP contribution < -0.4 is 25.0 Å². The van der Waals surface area contributed by atoms with Crippen LogP contribution in [0.1, 0.15) is 69.4 Å². The number of alkyl carbamates (subject to hydrolysis) is 1. The van der Waals surface area contributed by atoms with E-state index in [2.05, 4.69) is 25.7 Å². The Balaban J connectivity index is 1.44. The molecule has 234 valence electrons. The zero-order valence-corrected chi connectivity index (χ0v) is 26.3. The van der Waals surface area contributed by atoms with Gasteiger partial charge in [0.2, 0.25) is 11.8 Å². The van der Waals surface area contributed by atoms with Gasteiger partial charge in [-0.05, 0) is 77.6 Å². The number of aliphatic imine (C=N–C) groups is 1. The van der Waals surface area contributed by atoms with E-state index in [0.29, 0.717) is 54.1 Å². The molecule has 2 aromatic heterocycles. The van der Waals surface area contributed by atoms with Gasteiger partial charge in [-0.3, -0.25) is 9.78 Å². The molecule has 0 fully saturated rings. The van der Waals surface area contributed by atoms with E-state index < -0.39 is 17.6 Å². The molecular formula is C32H41N7O5. The maximum atomic E-state index is 13.6. The Morgan fingerprint density at radius 2 is 2.02 bits per heavy atom. The molecule has 0 spiro atoms. The number of anilines is 2. The summed E-state index contributed by atoms with van der Waals surface area (Å²) in [5, 5.41) is 10.5. The molecule has 1 unspecified atom stereocenters. The van der Waals surface area contributed by atoms with Crippen LogP contribution in [0.15, 0.2) is 41.5 Å². The smallest absolute Gasteiger partial charge is 0.407 e. The average Bonchev–Trinajstić information content (AvgIpc) is 3.50. The molecule has 4 heterocycles. The van der Waals surface area contributed by atoms with Crippen LogP contribution in [-0.4, -0.2) is 64.1 Å². The summed E-state index contributed by atoms with van der Waals surface area (Å²) < 4.78 is 19.7. The predicted octanol–water partition coefficient (Wildman–Crippen LogP) is 5.46. The molecular weight excluding hydrogens is 562 g/mol. The Bertz CT molecular complexity index is 1560. The number of fused-ring (bicyclic) bond motifs is 7.